The topological polar surface area (TPSA) is 102 Å². The lowest BCUT2D eigenvalue weighted by molar-refractivity contribution is -0.143. The zero-order valence-corrected chi connectivity index (χ0v) is 18.2. The molecule has 0 aliphatic rings. The number of benzene rings is 2. The van der Waals surface area contributed by atoms with Crippen LogP contribution in [0.2, 0.25) is 5.02 Å². The van der Waals surface area contributed by atoms with Crippen LogP contribution in [0.3, 0.4) is 0 Å². The maximum absolute atomic E-state index is 11.9. The number of ether oxygens (including phenoxy) is 2. The van der Waals surface area contributed by atoms with Crippen LogP contribution in [0.15, 0.2) is 42.5 Å². The Morgan fingerprint density at radius 1 is 1.07 bits per heavy atom. The fourth-order valence-corrected chi connectivity index (χ4v) is 2.70. The first kappa shape index (κ1) is 23.4. The SMILES string of the molecule is CC(C)(C)C(=O)Oc1ccc(CCOc2ccc(C(=N)CCC(N)=O)cc2Cl)cc1. The van der Waals surface area contributed by atoms with Crippen molar-refractivity contribution in [3.05, 3.63) is 58.6 Å². The van der Waals surface area contributed by atoms with E-state index < -0.39 is 11.3 Å². The van der Waals surface area contributed by atoms with E-state index in [2.05, 4.69) is 0 Å². The Morgan fingerprint density at radius 2 is 1.73 bits per heavy atom. The van der Waals surface area contributed by atoms with Crippen LogP contribution in [0.1, 0.15) is 44.7 Å². The molecule has 2 aromatic rings. The molecule has 2 aromatic carbocycles. The molecule has 0 heterocycles. The minimum atomic E-state index is -0.554. The molecular formula is C23H27ClN2O4. The summed E-state index contributed by atoms with van der Waals surface area (Å²) in [6.07, 6.45) is 1.05. The highest BCUT2D eigenvalue weighted by atomic mass is 35.5. The van der Waals surface area contributed by atoms with Crippen LogP contribution in [0.25, 0.3) is 0 Å². The van der Waals surface area contributed by atoms with Gasteiger partial charge in [0.25, 0.3) is 0 Å². The summed E-state index contributed by atoms with van der Waals surface area (Å²) in [5.74, 6) is 0.321. The number of esters is 1. The summed E-state index contributed by atoms with van der Waals surface area (Å²) in [7, 11) is 0. The van der Waals surface area contributed by atoms with E-state index in [9.17, 15) is 9.59 Å². The number of nitrogens with two attached hydrogens (primary N) is 1. The summed E-state index contributed by atoms with van der Waals surface area (Å²) in [6.45, 7) is 5.84. The minimum Gasteiger partial charge on any atom is -0.492 e. The Morgan fingerprint density at radius 3 is 2.30 bits per heavy atom. The molecule has 0 aromatic heterocycles. The maximum Gasteiger partial charge on any atom is 0.316 e. The van der Waals surface area contributed by atoms with Gasteiger partial charge in [0.2, 0.25) is 5.91 Å². The van der Waals surface area contributed by atoms with Crippen molar-refractivity contribution in [2.45, 2.75) is 40.0 Å². The van der Waals surface area contributed by atoms with E-state index in [0.717, 1.165) is 5.56 Å². The molecule has 6 nitrogen and oxygen atoms in total. The lowest BCUT2D eigenvalue weighted by atomic mass is 9.97. The largest absolute Gasteiger partial charge is 0.492 e. The number of nitrogens with one attached hydrogen (secondary N) is 1. The number of hydrogen-bond acceptors (Lipinski definition) is 5. The molecule has 1 amide bonds. The number of amides is 1. The lowest BCUT2D eigenvalue weighted by Gasteiger charge is -2.16. The summed E-state index contributed by atoms with van der Waals surface area (Å²) >= 11 is 6.26. The second-order valence-corrected chi connectivity index (χ2v) is 8.38. The van der Waals surface area contributed by atoms with Crippen LogP contribution in [0, 0.1) is 10.8 Å². The van der Waals surface area contributed by atoms with Crippen molar-refractivity contribution >= 4 is 29.2 Å². The maximum atomic E-state index is 11.9. The average Bonchev–Trinajstić information content (AvgIpc) is 2.67. The van der Waals surface area contributed by atoms with E-state index in [0.29, 0.717) is 40.8 Å². The van der Waals surface area contributed by atoms with Crippen molar-refractivity contribution in [1.82, 2.24) is 0 Å². The van der Waals surface area contributed by atoms with Crippen molar-refractivity contribution in [1.29, 1.82) is 5.41 Å². The number of carbonyl (C=O) groups excluding carboxylic acids is 2. The molecule has 0 unspecified atom stereocenters. The van der Waals surface area contributed by atoms with Gasteiger partial charge in [-0.05, 0) is 68.7 Å². The first-order chi connectivity index (χ1) is 14.1. The van der Waals surface area contributed by atoms with Crippen LogP contribution in [0.5, 0.6) is 11.5 Å². The molecule has 7 heteroatoms. The molecule has 0 atom stereocenters. The third-order valence-electron chi connectivity index (χ3n) is 4.30. The zero-order chi connectivity index (χ0) is 22.3. The normalized spacial score (nSPS) is 11.1. The monoisotopic (exact) mass is 430 g/mol. The summed E-state index contributed by atoms with van der Waals surface area (Å²) < 4.78 is 11.1. The Kier molecular flexibility index (Phi) is 8.00. The Labute approximate surface area is 181 Å². The van der Waals surface area contributed by atoms with E-state index in [1.807, 2.05) is 32.9 Å². The summed E-state index contributed by atoms with van der Waals surface area (Å²) in [6, 6.07) is 12.4. The summed E-state index contributed by atoms with van der Waals surface area (Å²) in [5, 5.41) is 8.40. The lowest BCUT2D eigenvalue weighted by Crippen LogP contribution is -2.25. The Bertz CT molecular complexity index is 918. The quantitative estimate of drug-likeness (QED) is 0.346. The molecule has 0 fully saturated rings. The molecule has 160 valence electrons. The van der Waals surface area contributed by atoms with Crippen LogP contribution in [-0.4, -0.2) is 24.2 Å². The van der Waals surface area contributed by atoms with Gasteiger partial charge in [-0.25, -0.2) is 0 Å². The molecule has 30 heavy (non-hydrogen) atoms. The van der Waals surface area contributed by atoms with Crippen molar-refractivity contribution in [3.63, 3.8) is 0 Å². The highest BCUT2D eigenvalue weighted by Gasteiger charge is 2.23. The second-order valence-electron chi connectivity index (χ2n) is 7.97. The molecule has 0 saturated carbocycles. The number of halogens is 1. The number of primary amides is 1. The van der Waals surface area contributed by atoms with Crippen LogP contribution in [0.4, 0.5) is 0 Å². The fraction of sp³-hybridized carbons (Fsp3) is 0.348. The molecule has 0 aliphatic carbocycles. The highest BCUT2D eigenvalue weighted by Crippen LogP contribution is 2.26. The van der Waals surface area contributed by atoms with E-state index in [1.54, 1.807) is 30.3 Å². The van der Waals surface area contributed by atoms with Crippen molar-refractivity contribution < 1.29 is 19.1 Å². The smallest absolute Gasteiger partial charge is 0.316 e. The number of rotatable bonds is 9. The number of carbonyl (C=O) groups is 2. The van der Waals surface area contributed by atoms with Gasteiger partial charge in [0.05, 0.1) is 17.0 Å². The Hall–Kier alpha value is -2.86. The van der Waals surface area contributed by atoms with Gasteiger partial charge in [0.15, 0.2) is 0 Å². The molecule has 0 spiro atoms. The van der Waals surface area contributed by atoms with E-state index in [4.69, 9.17) is 32.2 Å². The highest BCUT2D eigenvalue weighted by molar-refractivity contribution is 6.32. The van der Waals surface area contributed by atoms with Gasteiger partial charge >= 0.3 is 5.97 Å². The van der Waals surface area contributed by atoms with E-state index in [-0.39, 0.29) is 18.8 Å². The van der Waals surface area contributed by atoms with Crippen molar-refractivity contribution in [2.24, 2.45) is 11.1 Å². The first-order valence-electron chi connectivity index (χ1n) is 9.66. The average molecular weight is 431 g/mol. The van der Waals surface area contributed by atoms with Crippen LogP contribution >= 0.6 is 11.6 Å². The third kappa shape index (κ3) is 7.19. The number of hydrogen-bond donors (Lipinski definition) is 2. The van der Waals surface area contributed by atoms with Gasteiger partial charge in [-0.15, -0.1) is 0 Å². The van der Waals surface area contributed by atoms with Gasteiger partial charge in [-0.1, -0.05) is 23.7 Å². The predicted octanol–water partition coefficient (Wildman–Crippen LogP) is 4.55. The van der Waals surface area contributed by atoms with Gasteiger partial charge in [0.1, 0.15) is 11.5 Å². The zero-order valence-electron chi connectivity index (χ0n) is 17.5. The molecule has 0 radical (unpaired) electrons. The van der Waals surface area contributed by atoms with Crippen LogP contribution < -0.4 is 15.2 Å². The van der Waals surface area contributed by atoms with Gasteiger partial charge < -0.3 is 20.6 Å². The summed E-state index contributed by atoms with van der Waals surface area (Å²) in [5.41, 5.74) is 6.53. The summed E-state index contributed by atoms with van der Waals surface area (Å²) in [4.78, 5) is 22.8. The molecular weight excluding hydrogens is 404 g/mol. The van der Waals surface area contributed by atoms with Crippen molar-refractivity contribution in [3.8, 4) is 11.5 Å². The van der Waals surface area contributed by atoms with E-state index >= 15 is 0 Å². The predicted molar refractivity (Wildman–Crippen MR) is 117 cm³/mol. The van der Waals surface area contributed by atoms with Gasteiger partial charge in [-0.2, -0.15) is 0 Å². The first-order valence-corrected chi connectivity index (χ1v) is 10.0. The second kappa shape index (κ2) is 10.3. The van der Waals surface area contributed by atoms with Gasteiger partial charge in [-0.3, -0.25) is 9.59 Å². The van der Waals surface area contributed by atoms with Crippen molar-refractivity contribution in [2.75, 3.05) is 6.61 Å². The fourth-order valence-electron chi connectivity index (χ4n) is 2.46. The molecule has 0 aliphatic heterocycles. The van der Waals surface area contributed by atoms with E-state index in [1.165, 1.54) is 0 Å². The molecule has 2 rings (SSSR count). The minimum absolute atomic E-state index is 0.128. The Balaban J connectivity index is 1.87. The molecule has 0 bridgehead atoms. The third-order valence-corrected chi connectivity index (χ3v) is 4.59. The molecule has 3 N–H and O–H groups in total. The van der Waals surface area contributed by atoms with Crippen LogP contribution in [-0.2, 0) is 16.0 Å². The standard InChI is InChI=1S/C23H27ClN2O4/c1-23(2,3)22(28)30-17-7-4-15(5-8-17)12-13-29-20-10-6-16(14-18(20)24)19(25)9-11-21(26)27/h4-8,10,14,25H,9,11-13H2,1-3H3,(H2,26,27). The molecule has 0 saturated heterocycles. The van der Waals surface area contributed by atoms with Gasteiger partial charge in [0, 0.05) is 18.6 Å².